The van der Waals surface area contributed by atoms with Gasteiger partial charge in [0, 0.05) is 29.0 Å². The molecular weight excluding hydrogens is 356 g/mol. The number of nitrogens with one attached hydrogen (secondary N) is 1. The van der Waals surface area contributed by atoms with E-state index in [1.807, 2.05) is 43.3 Å². The van der Waals surface area contributed by atoms with Crippen molar-refractivity contribution < 1.29 is 9.21 Å². The molecule has 0 bridgehead atoms. The van der Waals surface area contributed by atoms with Crippen LogP contribution in [0.5, 0.6) is 0 Å². The zero-order chi connectivity index (χ0) is 18.6. The van der Waals surface area contributed by atoms with Crippen molar-refractivity contribution in [1.29, 1.82) is 0 Å². The molecule has 0 fully saturated rings. The standard InChI is InChI=1S/C22H18N2O2S/c1-15-7-9-20-17(11-15)13-18(26-20)8-10-21(25)24-22-23-14-19(27-22)12-16-5-3-2-4-6-16/h2-11,13-14H,12H2,1H3,(H,23,24,25)/b10-8+. The van der Waals surface area contributed by atoms with Crippen molar-refractivity contribution in [2.75, 3.05) is 5.32 Å². The maximum Gasteiger partial charge on any atom is 0.250 e. The molecule has 0 aliphatic carbocycles. The van der Waals surface area contributed by atoms with Gasteiger partial charge in [0.25, 0.3) is 0 Å². The highest BCUT2D eigenvalue weighted by Gasteiger charge is 2.06. The summed E-state index contributed by atoms with van der Waals surface area (Å²) in [6, 6.07) is 18.1. The van der Waals surface area contributed by atoms with Crippen molar-refractivity contribution >= 4 is 39.4 Å². The molecule has 0 aliphatic rings. The zero-order valence-electron chi connectivity index (χ0n) is 14.8. The number of aryl methyl sites for hydroxylation is 1. The number of hydrogen-bond acceptors (Lipinski definition) is 4. The van der Waals surface area contributed by atoms with Crippen LogP contribution in [0.1, 0.15) is 21.8 Å². The van der Waals surface area contributed by atoms with E-state index < -0.39 is 0 Å². The van der Waals surface area contributed by atoms with Gasteiger partial charge in [-0.15, -0.1) is 11.3 Å². The monoisotopic (exact) mass is 374 g/mol. The Morgan fingerprint density at radius 3 is 2.89 bits per heavy atom. The van der Waals surface area contributed by atoms with Crippen LogP contribution in [-0.2, 0) is 11.2 Å². The molecule has 0 unspecified atom stereocenters. The second-order valence-electron chi connectivity index (χ2n) is 6.31. The highest BCUT2D eigenvalue weighted by atomic mass is 32.1. The van der Waals surface area contributed by atoms with Crippen molar-refractivity contribution in [2.45, 2.75) is 13.3 Å². The Bertz CT molecular complexity index is 1110. The molecule has 1 amide bonds. The van der Waals surface area contributed by atoms with Crippen molar-refractivity contribution in [1.82, 2.24) is 4.98 Å². The number of carbonyl (C=O) groups excluding carboxylic acids is 1. The highest BCUT2D eigenvalue weighted by molar-refractivity contribution is 7.15. The van der Waals surface area contributed by atoms with Crippen LogP contribution in [0.3, 0.4) is 0 Å². The first kappa shape index (κ1) is 17.2. The summed E-state index contributed by atoms with van der Waals surface area (Å²) in [4.78, 5) is 17.5. The van der Waals surface area contributed by atoms with Crippen LogP contribution in [-0.4, -0.2) is 10.9 Å². The van der Waals surface area contributed by atoms with Gasteiger partial charge in [0.05, 0.1) is 0 Å². The maximum atomic E-state index is 12.1. The summed E-state index contributed by atoms with van der Waals surface area (Å²) in [6.45, 7) is 2.04. The first-order valence-corrected chi connectivity index (χ1v) is 9.45. The molecule has 2 aromatic heterocycles. The number of thiazole rings is 1. The second kappa shape index (κ2) is 7.60. The molecule has 2 aromatic carbocycles. The average Bonchev–Trinajstić information content (AvgIpc) is 3.27. The largest absolute Gasteiger partial charge is 0.457 e. The minimum Gasteiger partial charge on any atom is -0.457 e. The molecule has 0 radical (unpaired) electrons. The minimum atomic E-state index is -0.229. The molecule has 27 heavy (non-hydrogen) atoms. The topological polar surface area (TPSA) is 55.1 Å². The molecule has 0 saturated heterocycles. The van der Waals surface area contributed by atoms with E-state index in [0.29, 0.717) is 10.9 Å². The molecule has 1 N–H and O–H groups in total. The van der Waals surface area contributed by atoms with Gasteiger partial charge in [0.15, 0.2) is 5.13 Å². The number of amides is 1. The van der Waals surface area contributed by atoms with E-state index in [-0.39, 0.29) is 5.91 Å². The lowest BCUT2D eigenvalue weighted by Crippen LogP contribution is -2.06. The van der Waals surface area contributed by atoms with Gasteiger partial charge >= 0.3 is 0 Å². The van der Waals surface area contributed by atoms with Gasteiger partial charge in [-0.05, 0) is 36.8 Å². The van der Waals surface area contributed by atoms with Gasteiger partial charge in [-0.1, -0.05) is 42.0 Å². The second-order valence-corrected chi connectivity index (χ2v) is 7.42. The summed E-state index contributed by atoms with van der Waals surface area (Å²) in [5.41, 5.74) is 3.21. The SMILES string of the molecule is Cc1ccc2oc(/C=C/C(=O)Nc3ncc(Cc4ccccc4)s3)cc2c1. The first-order chi connectivity index (χ1) is 13.2. The number of furan rings is 1. The smallest absolute Gasteiger partial charge is 0.250 e. The van der Waals surface area contributed by atoms with E-state index in [9.17, 15) is 4.79 Å². The van der Waals surface area contributed by atoms with E-state index in [2.05, 4.69) is 28.5 Å². The summed E-state index contributed by atoms with van der Waals surface area (Å²) in [5, 5.41) is 4.42. The molecule has 0 spiro atoms. The van der Waals surface area contributed by atoms with Crippen LogP contribution < -0.4 is 5.32 Å². The molecule has 4 aromatic rings. The molecule has 4 rings (SSSR count). The minimum absolute atomic E-state index is 0.229. The van der Waals surface area contributed by atoms with Crippen LogP contribution in [0.15, 0.2) is 71.3 Å². The molecule has 2 heterocycles. The van der Waals surface area contributed by atoms with Gasteiger partial charge in [0.1, 0.15) is 11.3 Å². The molecule has 4 nitrogen and oxygen atoms in total. The lowest BCUT2D eigenvalue weighted by Gasteiger charge is -1.97. The molecule has 5 heteroatoms. The fourth-order valence-corrected chi connectivity index (χ4v) is 3.66. The van der Waals surface area contributed by atoms with E-state index in [4.69, 9.17) is 4.42 Å². The number of aromatic nitrogens is 1. The summed E-state index contributed by atoms with van der Waals surface area (Å²) >= 11 is 1.48. The predicted molar refractivity (Wildman–Crippen MR) is 110 cm³/mol. The van der Waals surface area contributed by atoms with Crippen molar-refractivity contribution in [3.05, 3.63) is 88.6 Å². The van der Waals surface area contributed by atoms with Crippen LogP contribution >= 0.6 is 11.3 Å². The Kier molecular flexibility index (Phi) is 4.85. The Morgan fingerprint density at radius 2 is 2.04 bits per heavy atom. The lowest BCUT2D eigenvalue weighted by atomic mass is 10.1. The fraction of sp³-hybridized carbons (Fsp3) is 0.0909. The van der Waals surface area contributed by atoms with E-state index in [1.165, 1.54) is 28.5 Å². The summed E-state index contributed by atoms with van der Waals surface area (Å²) in [7, 11) is 0. The van der Waals surface area contributed by atoms with E-state index in [0.717, 1.165) is 22.3 Å². The maximum absolute atomic E-state index is 12.1. The molecule has 0 saturated carbocycles. The van der Waals surface area contributed by atoms with Gasteiger partial charge < -0.3 is 4.42 Å². The molecule has 0 atom stereocenters. The van der Waals surface area contributed by atoms with Crippen LogP contribution in [0, 0.1) is 6.92 Å². The fourth-order valence-electron chi connectivity index (χ4n) is 2.81. The number of fused-ring (bicyclic) bond motifs is 1. The summed E-state index contributed by atoms with van der Waals surface area (Å²) < 4.78 is 5.71. The number of benzene rings is 2. The number of nitrogens with zero attached hydrogens (tertiary/aromatic N) is 1. The van der Waals surface area contributed by atoms with Crippen LogP contribution in [0.25, 0.3) is 17.0 Å². The van der Waals surface area contributed by atoms with Crippen molar-refractivity contribution in [2.24, 2.45) is 0 Å². The quantitative estimate of drug-likeness (QED) is 0.473. The van der Waals surface area contributed by atoms with Crippen molar-refractivity contribution in [3.8, 4) is 0 Å². The van der Waals surface area contributed by atoms with E-state index in [1.54, 1.807) is 12.3 Å². The van der Waals surface area contributed by atoms with Gasteiger partial charge in [-0.2, -0.15) is 0 Å². The summed E-state index contributed by atoms with van der Waals surface area (Å²) in [5.74, 6) is 0.418. The average molecular weight is 374 g/mol. The Balaban J connectivity index is 1.39. The third-order valence-corrected chi connectivity index (χ3v) is 5.01. The van der Waals surface area contributed by atoms with Crippen molar-refractivity contribution in [3.63, 3.8) is 0 Å². The number of carbonyl (C=O) groups is 1. The van der Waals surface area contributed by atoms with Gasteiger partial charge in [-0.25, -0.2) is 4.98 Å². The first-order valence-electron chi connectivity index (χ1n) is 8.63. The number of rotatable bonds is 5. The molecule has 0 aliphatic heterocycles. The Labute approximate surface area is 161 Å². The predicted octanol–water partition coefficient (Wildman–Crippen LogP) is 5.44. The third-order valence-electron chi connectivity index (χ3n) is 4.09. The van der Waals surface area contributed by atoms with Gasteiger partial charge in [-0.3, -0.25) is 10.1 Å². The third kappa shape index (κ3) is 4.33. The number of anilines is 1. The normalized spacial score (nSPS) is 11.3. The Morgan fingerprint density at radius 1 is 1.19 bits per heavy atom. The molecular formula is C22H18N2O2S. The van der Waals surface area contributed by atoms with Crippen LogP contribution in [0.2, 0.25) is 0 Å². The summed E-state index contributed by atoms with van der Waals surface area (Å²) in [6.07, 6.45) is 5.74. The highest BCUT2D eigenvalue weighted by Crippen LogP contribution is 2.23. The van der Waals surface area contributed by atoms with E-state index >= 15 is 0 Å². The zero-order valence-corrected chi connectivity index (χ0v) is 15.6. The number of hydrogen-bond donors (Lipinski definition) is 1. The van der Waals surface area contributed by atoms with Crippen LogP contribution in [0.4, 0.5) is 5.13 Å². The Hall–Kier alpha value is -3.18. The molecule has 134 valence electrons. The lowest BCUT2D eigenvalue weighted by molar-refractivity contribution is -0.111. The van der Waals surface area contributed by atoms with Gasteiger partial charge in [0.2, 0.25) is 5.91 Å².